The number of benzene rings is 1. The number of halogens is 2. The van der Waals surface area contributed by atoms with Crippen molar-refractivity contribution in [3.8, 4) is 17.1 Å². The van der Waals surface area contributed by atoms with Gasteiger partial charge in [0.15, 0.2) is 0 Å². The average Bonchev–Trinajstić information content (AvgIpc) is 2.87. The first-order valence-electron chi connectivity index (χ1n) is 5.89. The van der Waals surface area contributed by atoms with Gasteiger partial charge in [-0.15, -0.1) is 0 Å². The summed E-state index contributed by atoms with van der Waals surface area (Å²) >= 11 is 1.60. The Hall–Kier alpha value is -1.89. The summed E-state index contributed by atoms with van der Waals surface area (Å²) in [5, 5.41) is 0. The van der Waals surface area contributed by atoms with E-state index >= 15 is 0 Å². The lowest BCUT2D eigenvalue weighted by Gasteiger charge is -2.10. The largest absolute Gasteiger partial charge is 0.434 e. The monoisotopic (exact) mass is 296 g/mol. The maximum atomic E-state index is 12.4. The second-order valence-corrected chi connectivity index (χ2v) is 5.19. The van der Waals surface area contributed by atoms with Crippen LogP contribution in [0.5, 0.6) is 5.75 Å². The lowest BCUT2D eigenvalue weighted by molar-refractivity contribution is -0.0494. The van der Waals surface area contributed by atoms with Crippen LogP contribution in [0.15, 0.2) is 29.1 Å². The van der Waals surface area contributed by atoms with Gasteiger partial charge in [0.2, 0.25) is 0 Å². The number of thioether (sulfide) groups is 1. The zero-order chi connectivity index (χ0) is 14.1. The minimum Gasteiger partial charge on any atom is -0.434 e. The number of nitrogens with zero attached hydrogens (tertiary/aromatic N) is 1. The highest BCUT2D eigenvalue weighted by Crippen LogP contribution is 2.31. The van der Waals surface area contributed by atoms with E-state index in [2.05, 4.69) is 14.7 Å². The van der Waals surface area contributed by atoms with Gasteiger partial charge in [0, 0.05) is 17.1 Å². The van der Waals surface area contributed by atoms with Crippen molar-refractivity contribution in [2.75, 3.05) is 0 Å². The number of rotatable bonds is 3. The summed E-state index contributed by atoms with van der Waals surface area (Å²) in [5.74, 6) is 1.54. The van der Waals surface area contributed by atoms with Gasteiger partial charge in [-0.25, -0.2) is 4.98 Å². The Balaban J connectivity index is 2.10. The topological polar surface area (TPSA) is 55.0 Å². The van der Waals surface area contributed by atoms with Crippen LogP contribution >= 0.6 is 11.8 Å². The summed E-state index contributed by atoms with van der Waals surface area (Å²) in [6, 6.07) is 6.27. The molecule has 0 amide bonds. The minimum atomic E-state index is -2.92. The van der Waals surface area contributed by atoms with Gasteiger partial charge in [0.05, 0.1) is 11.3 Å². The highest BCUT2D eigenvalue weighted by atomic mass is 32.2. The third-order valence-corrected chi connectivity index (χ3v) is 3.91. The fourth-order valence-electron chi connectivity index (χ4n) is 2.05. The number of alkyl halides is 2. The Labute approximate surface area is 117 Å². The highest BCUT2D eigenvalue weighted by molar-refractivity contribution is 7.98. The molecule has 0 aliphatic carbocycles. The molecule has 104 valence electrons. The van der Waals surface area contributed by atoms with Crippen molar-refractivity contribution >= 4 is 11.8 Å². The summed E-state index contributed by atoms with van der Waals surface area (Å²) in [4.78, 5) is 18.9. The van der Waals surface area contributed by atoms with Gasteiger partial charge in [-0.2, -0.15) is 20.5 Å². The predicted octanol–water partition coefficient (Wildman–Crippen LogP) is 2.79. The molecule has 0 fully saturated rings. The predicted molar refractivity (Wildman–Crippen MR) is 71.9 cm³/mol. The molecule has 1 aliphatic heterocycles. The van der Waals surface area contributed by atoms with Crippen molar-refractivity contribution in [3.05, 3.63) is 45.9 Å². The van der Waals surface area contributed by atoms with Crippen LogP contribution in [0.2, 0.25) is 0 Å². The van der Waals surface area contributed by atoms with E-state index in [0.29, 0.717) is 28.3 Å². The average molecular weight is 296 g/mol. The molecule has 0 bridgehead atoms. The Morgan fingerprint density at radius 1 is 1.30 bits per heavy atom. The quantitative estimate of drug-likeness (QED) is 0.946. The number of ether oxygens (including phenoxy) is 1. The Morgan fingerprint density at radius 3 is 2.90 bits per heavy atom. The zero-order valence-corrected chi connectivity index (χ0v) is 11.0. The number of aromatic amines is 1. The van der Waals surface area contributed by atoms with Gasteiger partial charge in [-0.3, -0.25) is 4.79 Å². The van der Waals surface area contributed by atoms with Crippen LogP contribution in [-0.2, 0) is 11.5 Å². The van der Waals surface area contributed by atoms with Gasteiger partial charge in [-0.05, 0) is 12.1 Å². The van der Waals surface area contributed by atoms with Crippen LogP contribution in [0.25, 0.3) is 11.4 Å². The van der Waals surface area contributed by atoms with E-state index in [-0.39, 0.29) is 17.1 Å². The maximum absolute atomic E-state index is 12.4. The molecular formula is C13H10F2N2O2S. The van der Waals surface area contributed by atoms with Crippen LogP contribution in [0, 0.1) is 0 Å². The second-order valence-electron chi connectivity index (χ2n) is 4.21. The van der Waals surface area contributed by atoms with E-state index in [0.717, 1.165) is 0 Å². The smallest absolute Gasteiger partial charge is 0.387 e. The van der Waals surface area contributed by atoms with Crippen molar-refractivity contribution in [1.29, 1.82) is 0 Å². The van der Waals surface area contributed by atoms with Crippen molar-refractivity contribution < 1.29 is 13.5 Å². The third kappa shape index (κ3) is 2.40. The van der Waals surface area contributed by atoms with Crippen LogP contribution in [0.3, 0.4) is 0 Å². The van der Waals surface area contributed by atoms with Crippen LogP contribution in [-0.4, -0.2) is 16.6 Å². The number of hydrogen-bond acceptors (Lipinski definition) is 4. The first-order chi connectivity index (χ1) is 9.65. The van der Waals surface area contributed by atoms with E-state index < -0.39 is 6.61 Å². The van der Waals surface area contributed by atoms with Crippen LogP contribution < -0.4 is 10.3 Å². The molecule has 0 saturated carbocycles. The number of para-hydroxylation sites is 1. The standard InChI is InChI=1S/C13H10F2N2O2S/c14-13(15)19-10-4-2-1-3-7(10)11-16-9-6-20-5-8(9)12(18)17-11/h1-4,13H,5-6H2,(H,16,17,18). The van der Waals surface area contributed by atoms with Gasteiger partial charge < -0.3 is 9.72 Å². The summed E-state index contributed by atoms with van der Waals surface area (Å²) in [6.07, 6.45) is 0. The number of hydrogen-bond donors (Lipinski definition) is 1. The SMILES string of the molecule is O=c1[nH]c(-c2ccccc2OC(F)F)nc2c1CSC2. The molecule has 1 aromatic heterocycles. The molecule has 20 heavy (non-hydrogen) atoms. The minimum absolute atomic E-state index is 0.00347. The first kappa shape index (κ1) is 13.1. The molecule has 0 atom stereocenters. The molecule has 0 saturated heterocycles. The molecule has 0 radical (unpaired) electrons. The molecule has 0 spiro atoms. The molecule has 1 aliphatic rings. The molecule has 7 heteroatoms. The van der Waals surface area contributed by atoms with Gasteiger partial charge in [0.1, 0.15) is 11.6 Å². The summed E-state index contributed by atoms with van der Waals surface area (Å²) in [5.41, 5.74) is 1.50. The fraction of sp³-hybridized carbons (Fsp3) is 0.231. The molecule has 3 rings (SSSR count). The zero-order valence-electron chi connectivity index (χ0n) is 10.2. The van der Waals surface area contributed by atoms with Crippen LogP contribution in [0.1, 0.15) is 11.3 Å². The first-order valence-corrected chi connectivity index (χ1v) is 7.04. The molecule has 2 aromatic rings. The normalized spacial score (nSPS) is 13.6. The number of fused-ring (bicyclic) bond motifs is 1. The Morgan fingerprint density at radius 2 is 2.10 bits per heavy atom. The van der Waals surface area contributed by atoms with Gasteiger partial charge in [0.25, 0.3) is 5.56 Å². The fourth-order valence-corrected chi connectivity index (χ4v) is 3.09. The molecule has 2 heterocycles. The molecule has 1 aromatic carbocycles. The lowest BCUT2D eigenvalue weighted by atomic mass is 10.1. The van der Waals surface area contributed by atoms with E-state index in [1.54, 1.807) is 30.0 Å². The van der Waals surface area contributed by atoms with Gasteiger partial charge in [-0.1, -0.05) is 12.1 Å². The van der Waals surface area contributed by atoms with E-state index in [1.165, 1.54) is 6.07 Å². The summed E-state index contributed by atoms with van der Waals surface area (Å²) in [6.45, 7) is -2.92. The molecule has 1 N–H and O–H groups in total. The number of H-pyrrole nitrogens is 1. The van der Waals surface area contributed by atoms with E-state index in [9.17, 15) is 13.6 Å². The van der Waals surface area contributed by atoms with Gasteiger partial charge >= 0.3 is 6.61 Å². The van der Waals surface area contributed by atoms with Crippen molar-refractivity contribution in [2.45, 2.75) is 18.1 Å². The molecule has 0 unspecified atom stereocenters. The third-order valence-electron chi connectivity index (χ3n) is 2.94. The van der Waals surface area contributed by atoms with E-state index in [4.69, 9.17) is 0 Å². The highest BCUT2D eigenvalue weighted by Gasteiger charge is 2.20. The lowest BCUT2D eigenvalue weighted by Crippen LogP contribution is -2.15. The summed E-state index contributed by atoms with van der Waals surface area (Å²) in [7, 11) is 0. The van der Waals surface area contributed by atoms with Crippen molar-refractivity contribution in [2.24, 2.45) is 0 Å². The Kier molecular flexibility index (Phi) is 3.43. The second kappa shape index (κ2) is 5.24. The van der Waals surface area contributed by atoms with Crippen molar-refractivity contribution in [1.82, 2.24) is 9.97 Å². The molecule has 4 nitrogen and oxygen atoms in total. The number of nitrogens with one attached hydrogen (secondary N) is 1. The van der Waals surface area contributed by atoms with E-state index in [1.807, 2.05) is 0 Å². The molecular weight excluding hydrogens is 286 g/mol. The van der Waals surface area contributed by atoms with Crippen LogP contribution in [0.4, 0.5) is 8.78 Å². The maximum Gasteiger partial charge on any atom is 0.387 e. The van der Waals surface area contributed by atoms with Crippen molar-refractivity contribution in [3.63, 3.8) is 0 Å². The Bertz CT molecular complexity index is 703. The summed E-state index contributed by atoms with van der Waals surface area (Å²) < 4.78 is 29.3. The number of aromatic nitrogens is 2.